The van der Waals surface area contributed by atoms with Crippen LogP contribution in [0.4, 0.5) is 0 Å². The Morgan fingerprint density at radius 1 is 1.28 bits per heavy atom. The fraction of sp³-hybridized carbons (Fsp3) is 0.222. The zero-order valence-corrected chi connectivity index (χ0v) is 13.8. The third kappa shape index (κ3) is 4.87. The molecule has 1 amide bonds. The van der Waals surface area contributed by atoms with Crippen LogP contribution in [0, 0.1) is 0 Å². The highest BCUT2D eigenvalue weighted by atomic mass is 16.5. The summed E-state index contributed by atoms with van der Waals surface area (Å²) in [6, 6.07) is 9.23. The Bertz CT molecular complexity index is 805. The van der Waals surface area contributed by atoms with Crippen LogP contribution >= 0.6 is 0 Å². The Kier molecular flexibility index (Phi) is 5.36. The van der Waals surface area contributed by atoms with Crippen LogP contribution < -0.4 is 10.1 Å². The standard InChI is InChI=1S/C18H18N4O3/c1-13(9-14-10-19-7-8-20-14)21-18(23)16-11-25-17(22-16)12-24-15-5-3-2-4-6-15/h2-8,10-11,13H,9,12H2,1H3,(H,21,23). The van der Waals surface area contributed by atoms with Crippen LogP contribution in [0.15, 0.2) is 59.6 Å². The number of nitrogens with zero attached hydrogens (tertiary/aromatic N) is 3. The highest BCUT2D eigenvalue weighted by molar-refractivity contribution is 5.92. The quantitative estimate of drug-likeness (QED) is 0.711. The van der Waals surface area contributed by atoms with Crippen LogP contribution in [0.25, 0.3) is 0 Å². The summed E-state index contributed by atoms with van der Waals surface area (Å²) in [7, 11) is 0. The maximum atomic E-state index is 12.2. The SMILES string of the molecule is CC(Cc1cnccn1)NC(=O)c1coc(COc2ccccc2)n1. The normalized spacial score (nSPS) is 11.7. The highest BCUT2D eigenvalue weighted by Gasteiger charge is 2.15. The van der Waals surface area contributed by atoms with Gasteiger partial charge in [0.15, 0.2) is 12.3 Å². The molecule has 1 N–H and O–H groups in total. The van der Waals surface area contributed by atoms with Gasteiger partial charge in [-0.1, -0.05) is 18.2 Å². The van der Waals surface area contributed by atoms with Gasteiger partial charge in [-0.05, 0) is 19.1 Å². The van der Waals surface area contributed by atoms with E-state index < -0.39 is 0 Å². The molecule has 25 heavy (non-hydrogen) atoms. The Morgan fingerprint density at radius 3 is 2.88 bits per heavy atom. The molecular weight excluding hydrogens is 320 g/mol. The number of ether oxygens (including phenoxy) is 1. The van der Waals surface area contributed by atoms with Gasteiger partial charge in [0, 0.05) is 31.1 Å². The second kappa shape index (κ2) is 8.05. The van der Waals surface area contributed by atoms with Crippen molar-refractivity contribution in [1.29, 1.82) is 0 Å². The van der Waals surface area contributed by atoms with Gasteiger partial charge in [0.2, 0.25) is 5.89 Å². The summed E-state index contributed by atoms with van der Waals surface area (Å²) in [4.78, 5) is 24.6. The molecule has 0 saturated heterocycles. The molecule has 3 rings (SSSR count). The molecule has 128 valence electrons. The van der Waals surface area contributed by atoms with Crippen molar-refractivity contribution in [3.63, 3.8) is 0 Å². The molecule has 1 atom stereocenters. The van der Waals surface area contributed by atoms with Gasteiger partial charge in [0.1, 0.15) is 12.0 Å². The number of aromatic nitrogens is 3. The summed E-state index contributed by atoms with van der Waals surface area (Å²) in [5, 5.41) is 2.86. The van der Waals surface area contributed by atoms with E-state index in [1.165, 1.54) is 6.26 Å². The van der Waals surface area contributed by atoms with Crippen molar-refractivity contribution in [2.75, 3.05) is 0 Å². The van der Waals surface area contributed by atoms with Crippen molar-refractivity contribution in [2.45, 2.75) is 26.0 Å². The molecule has 1 aromatic carbocycles. The second-order valence-corrected chi connectivity index (χ2v) is 5.50. The summed E-state index contributed by atoms with van der Waals surface area (Å²) in [5.41, 5.74) is 1.03. The Balaban J connectivity index is 1.51. The van der Waals surface area contributed by atoms with Crippen LogP contribution in [-0.4, -0.2) is 26.9 Å². The first kappa shape index (κ1) is 16.6. The smallest absolute Gasteiger partial charge is 0.273 e. The third-order valence-electron chi connectivity index (χ3n) is 3.40. The zero-order chi connectivity index (χ0) is 17.5. The lowest BCUT2D eigenvalue weighted by Gasteiger charge is -2.11. The number of hydrogen-bond acceptors (Lipinski definition) is 6. The fourth-order valence-electron chi connectivity index (χ4n) is 2.24. The lowest BCUT2D eigenvalue weighted by Crippen LogP contribution is -2.34. The van der Waals surface area contributed by atoms with Crippen LogP contribution in [0.2, 0.25) is 0 Å². The monoisotopic (exact) mass is 338 g/mol. The minimum absolute atomic E-state index is 0.107. The molecule has 3 aromatic rings. The number of carbonyl (C=O) groups excluding carboxylic acids is 1. The Hall–Kier alpha value is -3.22. The van der Waals surface area contributed by atoms with E-state index in [0.717, 1.165) is 5.69 Å². The summed E-state index contributed by atoms with van der Waals surface area (Å²) >= 11 is 0. The summed E-state index contributed by atoms with van der Waals surface area (Å²) < 4.78 is 10.8. The van der Waals surface area contributed by atoms with E-state index in [4.69, 9.17) is 9.15 Å². The van der Waals surface area contributed by atoms with Gasteiger partial charge in [-0.25, -0.2) is 4.98 Å². The molecule has 0 fully saturated rings. The first-order valence-electron chi connectivity index (χ1n) is 7.88. The molecule has 0 saturated carbocycles. The largest absolute Gasteiger partial charge is 0.484 e. The third-order valence-corrected chi connectivity index (χ3v) is 3.40. The molecule has 2 aromatic heterocycles. The van der Waals surface area contributed by atoms with E-state index in [9.17, 15) is 4.79 Å². The van der Waals surface area contributed by atoms with Crippen LogP contribution in [-0.2, 0) is 13.0 Å². The average molecular weight is 338 g/mol. The molecule has 0 aliphatic carbocycles. The van der Waals surface area contributed by atoms with Gasteiger partial charge in [-0.2, -0.15) is 0 Å². The van der Waals surface area contributed by atoms with E-state index in [-0.39, 0.29) is 24.2 Å². The number of hydrogen-bond donors (Lipinski definition) is 1. The molecular formula is C18H18N4O3. The summed E-state index contributed by atoms with van der Waals surface area (Å²) in [6.07, 6.45) is 6.83. The molecule has 0 bridgehead atoms. The van der Waals surface area contributed by atoms with E-state index in [2.05, 4.69) is 20.3 Å². The minimum Gasteiger partial charge on any atom is -0.484 e. The molecule has 7 nitrogen and oxygen atoms in total. The molecule has 0 radical (unpaired) electrons. The summed E-state index contributed by atoms with van der Waals surface area (Å²) in [5.74, 6) is 0.756. The van der Waals surface area contributed by atoms with Crippen LogP contribution in [0.1, 0.15) is 29.0 Å². The molecule has 0 spiro atoms. The van der Waals surface area contributed by atoms with Gasteiger partial charge < -0.3 is 14.5 Å². The number of rotatable bonds is 7. The molecule has 2 heterocycles. The Labute approximate surface area is 145 Å². The topological polar surface area (TPSA) is 90.1 Å². The number of para-hydroxylation sites is 1. The van der Waals surface area contributed by atoms with Crippen molar-refractivity contribution in [1.82, 2.24) is 20.3 Å². The molecule has 7 heteroatoms. The number of oxazole rings is 1. The van der Waals surface area contributed by atoms with Crippen molar-refractivity contribution < 1.29 is 13.9 Å². The lowest BCUT2D eigenvalue weighted by atomic mass is 10.2. The molecule has 1 unspecified atom stereocenters. The second-order valence-electron chi connectivity index (χ2n) is 5.50. The fourth-order valence-corrected chi connectivity index (χ4v) is 2.24. The Morgan fingerprint density at radius 2 is 2.12 bits per heavy atom. The number of nitrogens with one attached hydrogen (secondary N) is 1. The molecule has 0 aliphatic heterocycles. The van der Waals surface area contributed by atoms with Crippen molar-refractivity contribution in [3.05, 3.63) is 72.5 Å². The maximum Gasteiger partial charge on any atom is 0.273 e. The predicted molar refractivity (Wildman–Crippen MR) is 89.9 cm³/mol. The molecule has 0 aliphatic rings. The van der Waals surface area contributed by atoms with Gasteiger partial charge in [0.25, 0.3) is 5.91 Å². The van der Waals surface area contributed by atoms with Gasteiger partial charge >= 0.3 is 0 Å². The van der Waals surface area contributed by atoms with Gasteiger partial charge in [-0.3, -0.25) is 14.8 Å². The number of carbonyl (C=O) groups is 1. The van der Waals surface area contributed by atoms with Crippen LogP contribution in [0.5, 0.6) is 5.75 Å². The predicted octanol–water partition coefficient (Wildman–Crippen LogP) is 2.40. The van der Waals surface area contributed by atoms with E-state index in [1.54, 1.807) is 18.6 Å². The van der Waals surface area contributed by atoms with E-state index in [1.807, 2.05) is 37.3 Å². The maximum absolute atomic E-state index is 12.2. The number of benzene rings is 1. The van der Waals surface area contributed by atoms with Crippen molar-refractivity contribution >= 4 is 5.91 Å². The van der Waals surface area contributed by atoms with Gasteiger partial charge in [-0.15, -0.1) is 0 Å². The first-order valence-corrected chi connectivity index (χ1v) is 7.88. The average Bonchev–Trinajstić information content (AvgIpc) is 3.11. The minimum atomic E-state index is -0.300. The number of amides is 1. The van der Waals surface area contributed by atoms with E-state index >= 15 is 0 Å². The van der Waals surface area contributed by atoms with Crippen molar-refractivity contribution in [3.8, 4) is 5.75 Å². The highest BCUT2D eigenvalue weighted by Crippen LogP contribution is 2.11. The zero-order valence-electron chi connectivity index (χ0n) is 13.8. The van der Waals surface area contributed by atoms with E-state index in [0.29, 0.717) is 18.1 Å². The first-order chi connectivity index (χ1) is 12.2. The van der Waals surface area contributed by atoms with Crippen molar-refractivity contribution in [2.24, 2.45) is 0 Å². The van der Waals surface area contributed by atoms with Crippen LogP contribution in [0.3, 0.4) is 0 Å². The summed E-state index contributed by atoms with van der Waals surface area (Å²) in [6.45, 7) is 2.05. The lowest BCUT2D eigenvalue weighted by molar-refractivity contribution is 0.0935. The van der Waals surface area contributed by atoms with Gasteiger partial charge in [0.05, 0.1) is 5.69 Å².